The van der Waals surface area contributed by atoms with Gasteiger partial charge in [0.1, 0.15) is 10.7 Å². The fourth-order valence-electron chi connectivity index (χ4n) is 1.55. The predicted octanol–water partition coefficient (Wildman–Crippen LogP) is 2.90. The molecule has 0 saturated heterocycles. The highest BCUT2D eigenvalue weighted by atomic mass is 35.5. The van der Waals surface area contributed by atoms with Crippen LogP contribution in [-0.4, -0.2) is 28.1 Å². The van der Waals surface area contributed by atoms with Crippen molar-refractivity contribution >= 4 is 40.3 Å². The van der Waals surface area contributed by atoms with Crippen molar-refractivity contribution in [2.45, 2.75) is 20.3 Å². The molecule has 1 N–H and O–H groups in total. The Bertz CT molecular complexity index is 676. The smallest absolute Gasteiger partial charge is 0.311 e. The van der Waals surface area contributed by atoms with Crippen molar-refractivity contribution in [3.63, 3.8) is 0 Å². The predicted molar refractivity (Wildman–Crippen MR) is 82.7 cm³/mol. The van der Waals surface area contributed by atoms with Crippen LogP contribution >= 0.6 is 11.6 Å². The molecule has 0 aromatic heterocycles. The molecule has 0 aliphatic carbocycles. The molecule has 0 atom stereocenters. The highest BCUT2D eigenvalue weighted by Gasteiger charge is 2.23. The molecule has 0 unspecified atom stereocenters. The van der Waals surface area contributed by atoms with E-state index < -0.39 is 27.2 Å². The summed E-state index contributed by atoms with van der Waals surface area (Å²) in [6.07, 6.45) is -0.102. The standard InChI is InChI=1S/C12H13ClN4O6/c1-3-23-12(18)4-7(2)14-15-9-5-8(13)10(16(19)20)6-11(9)17(21)22/h5-6,15H,3-4H2,1-2H3/b14-7-. The van der Waals surface area contributed by atoms with Crippen molar-refractivity contribution in [3.8, 4) is 0 Å². The van der Waals surface area contributed by atoms with Gasteiger partial charge in [-0.15, -0.1) is 0 Å². The second-order valence-electron chi connectivity index (χ2n) is 4.28. The zero-order chi connectivity index (χ0) is 17.6. The van der Waals surface area contributed by atoms with Crippen LogP contribution in [-0.2, 0) is 9.53 Å². The van der Waals surface area contributed by atoms with Crippen molar-refractivity contribution < 1.29 is 19.4 Å². The van der Waals surface area contributed by atoms with Gasteiger partial charge in [0.15, 0.2) is 0 Å². The van der Waals surface area contributed by atoms with E-state index in [1.807, 2.05) is 0 Å². The van der Waals surface area contributed by atoms with Gasteiger partial charge in [-0.25, -0.2) is 0 Å². The molecular formula is C12H13ClN4O6. The summed E-state index contributed by atoms with van der Waals surface area (Å²) in [6, 6.07) is 1.76. The number of nitrogens with one attached hydrogen (secondary N) is 1. The average molecular weight is 345 g/mol. The third kappa shape index (κ3) is 5.18. The molecule has 124 valence electrons. The summed E-state index contributed by atoms with van der Waals surface area (Å²) >= 11 is 5.72. The summed E-state index contributed by atoms with van der Waals surface area (Å²) in [5, 5.41) is 25.3. The molecule has 1 aromatic rings. The van der Waals surface area contributed by atoms with Gasteiger partial charge >= 0.3 is 11.7 Å². The number of anilines is 1. The van der Waals surface area contributed by atoms with Crippen LogP contribution in [0.4, 0.5) is 17.1 Å². The minimum absolute atomic E-state index is 0.102. The first-order valence-electron chi connectivity index (χ1n) is 6.33. The number of rotatable bonds is 7. The van der Waals surface area contributed by atoms with E-state index in [9.17, 15) is 25.0 Å². The SMILES string of the molecule is CCOC(=O)C/C(C)=N\Nc1cc(Cl)c([N+](=O)[O-])cc1[N+](=O)[O-]. The van der Waals surface area contributed by atoms with Crippen molar-refractivity contribution in [2.75, 3.05) is 12.0 Å². The molecule has 0 aliphatic heterocycles. The Balaban J connectivity index is 3.04. The van der Waals surface area contributed by atoms with E-state index in [2.05, 4.69) is 10.5 Å². The topological polar surface area (TPSA) is 137 Å². The van der Waals surface area contributed by atoms with Crippen LogP contribution in [0, 0.1) is 20.2 Å². The van der Waals surface area contributed by atoms with Crippen LogP contribution in [0.2, 0.25) is 5.02 Å². The summed E-state index contributed by atoms with van der Waals surface area (Å²) < 4.78 is 4.74. The van der Waals surface area contributed by atoms with Crippen LogP contribution in [0.3, 0.4) is 0 Å². The molecule has 1 rings (SSSR count). The first kappa shape index (κ1) is 18.3. The number of nitrogens with zero attached hydrogens (tertiary/aromatic N) is 3. The Morgan fingerprint density at radius 3 is 2.43 bits per heavy atom. The zero-order valence-corrected chi connectivity index (χ0v) is 13.0. The highest BCUT2D eigenvalue weighted by molar-refractivity contribution is 6.33. The third-order valence-electron chi connectivity index (χ3n) is 2.53. The van der Waals surface area contributed by atoms with Crippen molar-refractivity contribution in [1.82, 2.24) is 0 Å². The molecule has 0 radical (unpaired) electrons. The Morgan fingerprint density at radius 2 is 1.91 bits per heavy atom. The number of esters is 1. The first-order valence-corrected chi connectivity index (χ1v) is 6.71. The van der Waals surface area contributed by atoms with Gasteiger partial charge in [0.2, 0.25) is 0 Å². The third-order valence-corrected chi connectivity index (χ3v) is 2.83. The van der Waals surface area contributed by atoms with E-state index in [-0.39, 0.29) is 23.7 Å². The average Bonchev–Trinajstić information content (AvgIpc) is 2.44. The summed E-state index contributed by atoms with van der Waals surface area (Å²) in [6.45, 7) is 3.40. The summed E-state index contributed by atoms with van der Waals surface area (Å²) in [4.78, 5) is 31.4. The van der Waals surface area contributed by atoms with Gasteiger partial charge in [-0.3, -0.25) is 30.4 Å². The molecule has 23 heavy (non-hydrogen) atoms. The molecule has 0 heterocycles. The minimum Gasteiger partial charge on any atom is -0.466 e. The first-order chi connectivity index (χ1) is 10.8. The normalized spacial score (nSPS) is 11.0. The Kier molecular flexibility index (Phi) is 6.39. The number of carbonyl (C=O) groups excluding carboxylic acids is 1. The lowest BCUT2D eigenvalue weighted by Gasteiger charge is -2.05. The van der Waals surface area contributed by atoms with Crippen LogP contribution < -0.4 is 5.43 Å². The number of carbonyl (C=O) groups is 1. The van der Waals surface area contributed by atoms with Gasteiger partial charge in [-0.2, -0.15) is 5.10 Å². The van der Waals surface area contributed by atoms with Gasteiger partial charge in [-0.05, 0) is 19.9 Å². The molecule has 0 aliphatic rings. The number of nitro benzene ring substituents is 2. The second-order valence-corrected chi connectivity index (χ2v) is 4.68. The van der Waals surface area contributed by atoms with Crippen LogP contribution in [0.15, 0.2) is 17.2 Å². The monoisotopic (exact) mass is 344 g/mol. The quantitative estimate of drug-likeness (QED) is 0.347. The minimum atomic E-state index is -0.825. The number of hydrogen-bond donors (Lipinski definition) is 1. The molecule has 0 fully saturated rings. The fraction of sp³-hybridized carbons (Fsp3) is 0.333. The maximum absolute atomic E-state index is 11.3. The maximum atomic E-state index is 11.3. The molecule has 0 spiro atoms. The van der Waals surface area contributed by atoms with E-state index in [0.29, 0.717) is 5.71 Å². The maximum Gasteiger partial charge on any atom is 0.311 e. The van der Waals surface area contributed by atoms with Gasteiger partial charge in [0.25, 0.3) is 5.69 Å². The van der Waals surface area contributed by atoms with Crippen LogP contribution in [0.25, 0.3) is 0 Å². The summed E-state index contributed by atoms with van der Waals surface area (Å²) in [5.41, 5.74) is 1.41. The number of benzene rings is 1. The molecule has 0 amide bonds. The summed E-state index contributed by atoms with van der Waals surface area (Å²) in [5.74, 6) is -0.494. The summed E-state index contributed by atoms with van der Waals surface area (Å²) in [7, 11) is 0. The fourth-order valence-corrected chi connectivity index (χ4v) is 1.78. The number of halogens is 1. The van der Waals surface area contributed by atoms with Crippen molar-refractivity contribution in [2.24, 2.45) is 5.10 Å². The van der Waals surface area contributed by atoms with E-state index in [0.717, 1.165) is 12.1 Å². The van der Waals surface area contributed by atoms with E-state index >= 15 is 0 Å². The zero-order valence-electron chi connectivity index (χ0n) is 12.2. The molecule has 0 saturated carbocycles. The van der Waals surface area contributed by atoms with Crippen LogP contribution in [0.1, 0.15) is 20.3 Å². The second kappa shape index (κ2) is 8.03. The Hall–Kier alpha value is -2.75. The molecule has 1 aromatic carbocycles. The number of hydrazone groups is 1. The van der Waals surface area contributed by atoms with E-state index in [4.69, 9.17) is 16.3 Å². The number of nitro groups is 2. The highest BCUT2D eigenvalue weighted by Crippen LogP contribution is 2.35. The van der Waals surface area contributed by atoms with Gasteiger partial charge in [0.05, 0.1) is 28.9 Å². The van der Waals surface area contributed by atoms with Gasteiger partial charge in [-0.1, -0.05) is 11.6 Å². The van der Waals surface area contributed by atoms with Crippen LogP contribution in [0.5, 0.6) is 0 Å². The largest absolute Gasteiger partial charge is 0.466 e. The molecule has 10 nitrogen and oxygen atoms in total. The molecule has 0 bridgehead atoms. The lowest BCUT2D eigenvalue weighted by atomic mass is 10.2. The number of ether oxygens (including phenoxy) is 1. The lowest BCUT2D eigenvalue weighted by Crippen LogP contribution is -2.10. The Labute approximate surface area is 135 Å². The lowest BCUT2D eigenvalue weighted by molar-refractivity contribution is -0.393. The number of hydrogen-bond acceptors (Lipinski definition) is 8. The molecule has 11 heteroatoms. The Morgan fingerprint density at radius 1 is 1.30 bits per heavy atom. The molecular weight excluding hydrogens is 332 g/mol. The van der Waals surface area contributed by atoms with E-state index in [1.165, 1.54) is 6.92 Å². The van der Waals surface area contributed by atoms with Crippen molar-refractivity contribution in [3.05, 3.63) is 37.4 Å². The van der Waals surface area contributed by atoms with Gasteiger partial charge < -0.3 is 4.74 Å². The van der Waals surface area contributed by atoms with Crippen molar-refractivity contribution in [1.29, 1.82) is 0 Å². The van der Waals surface area contributed by atoms with E-state index in [1.54, 1.807) is 6.92 Å². The van der Waals surface area contributed by atoms with Gasteiger partial charge in [0, 0.05) is 5.71 Å².